The van der Waals surface area contributed by atoms with Crippen molar-refractivity contribution in [1.82, 2.24) is 0 Å². The van der Waals surface area contributed by atoms with E-state index in [1.807, 2.05) is 12.1 Å². The average Bonchev–Trinajstić information content (AvgIpc) is 3.64. The molecule has 3 heteroatoms. The number of hydrogen-bond donors (Lipinski definition) is 0. The summed E-state index contributed by atoms with van der Waals surface area (Å²) in [6.07, 6.45) is 20.2. The molecule has 0 aliphatic heterocycles. The quantitative estimate of drug-likeness (QED) is 0.157. The first-order chi connectivity index (χ1) is 22.7. The first-order valence-electron chi connectivity index (χ1n) is 19.9. The summed E-state index contributed by atoms with van der Waals surface area (Å²) >= 11 is 0. The molecule has 272 valence electrons. The number of ether oxygens (including phenoxy) is 2. The van der Waals surface area contributed by atoms with Crippen LogP contribution in [0.15, 0.2) is 35.9 Å². The van der Waals surface area contributed by atoms with Crippen LogP contribution in [-0.4, -0.2) is 19.2 Å². The van der Waals surface area contributed by atoms with Crippen LogP contribution >= 0.6 is 0 Å². The van der Waals surface area contributed by atoms with Gasteiger partial charge in [-0.05, 0) is 157 Å². The van der Waals surface area contributed by atoms with Gasteiger partial charge in [0.25, 0.3) is 0 Å². The SMILES string of the molecule is COc1cc(/C=C/C(=O)O[C@H]2CC[C@]34C[C@]35CC[C@]3(C)C(C)(C(C)CCC=C(C)C)CCC3(C)[C@]5(C)CCC4C2(C)C)ccc1C(C)(C)C. The van der Waals surface area contributed by atoms with Crippen LogP contribution in [0.5, 0.6) is 5.75 Å². The van der Waals surface area contributed by atoms with E-state index in [-0.39, 0.29) is 22.9 Å². The molecule has 49 heavy (non-hydrogen) atoms. The van der Waals surface area contributed by atoms with Crippen molar-refractivity contribution in [3.05, 3.63) is 47.1 Å². The molecule has 1 aromatic rings. The highest BCUT2D eigenvalue weighted by atomic mass is 16.5. The van der Waals surface area contributed by atoms with Crippen molar-refractivity contribution in [2.75, 3.05) is 7.11 Å². The molecule has 4 unspecified atom stereocenters. The molecule has 0 bridgehead atoms. The van der Waals surface area contributed by atoms with Crippen LogP contribution in [0.2, 0.25) is 0 Å². The van der Waals surface area contributed by atoms with Crippen LogP contribution in [0.4, 0.5) is 0 Å². The molecule has 0 heterocycles. The smallest absolute Gasteiger partial charge is 0.331 e. The largest absolute Gasteiger partial charge is 0.496 e. The molecule has 9 atom stereocenters. The predicted molar refractivity (Wildman–Crippen MR) is 205 cm³/mol. The number of benzene rings is 1. The monoisotopic (exact) mass is 671 g/mol. The highest BCUT2D eigenvalue weighted by molar-refractivity contribution is 5.87. The van der Waals surface area contributed by atoms with E-state index in [1.54, 1.807) is 13.2 Å². The second-order valence-electron chi connectivity index (χ2n) is 20.5. The van der Waals surface area contributed by atoms with Gasteiger partial charge in [-0.25, -0.2) is 4.79 Å². The molecule has 6 rings (SSSR count). The Bertz CT molecular complexity index is 1520. The Morgan fingerprint density at radius 3 is 2.27 bits per heavy atom. The van der Waals surface area contributed by atoms with Gasteiger partial charge in [-0.1, -0.05) is 93.0 Å². The fourth-order valence-corrected chi connectivity index (χ4v) is 14.0. The number of carbonyl (C=O) groups excluding carboxylic acids is 1. The van der Waals surface area contributed by atoms with Crippen molar-refractivity contribution in [2.45, 2.75) is 165 Å². The van der Waals surface area contributed by atoms with E-state index in [1.165, 1.54) is 69.8 Å². The molecule has 0 amide bonds. The van der Waals surface area contributed by atoms with Gasteiger partial charge < -0.3 is 9.47 Å². The lowest BCUT2D eigenvalue weighted by atomic mass is 9.35. The van der Waals surface area contributed by atoms with Gasteiger partial charge in [-0.3, -0.25) is 0 Å². The summed E-state index contributed by atoms with van der Waals surface area (Å²) in [5.41, 5.74) is 5.87. The van der Waals surface area contributed by atoms with Crippen LogP contribution in [0, 0.1) is 49.7 Å². The number of fused-ring (bicyclic) bond motifs is 2. The number of carbonyl (C=O) groups is 1. The lowest BCUT2D eigenvalue weighted by Crippen LogP contribution is -2.64. The molecule has 0 radical (unpaired) electrons. The number of rotatable bonds is 8. The van der Waals surface area contributed by atoms with Gasteiger partial charge in [0.15, 0.2) is 0 Å². The van der Waals surface area contributed by atoms with Gasteiger partial charge in [-0.2, -0.15) is 0 Å². The maximum absolute atomic E-state index is 13.4. The molecular formula is C46H70O3. The lowest BCUT2D eigenvalue weighted by molar-refractivity contribution is -0.223. The molecule has 1 aromatic carbocycles. The van der Waals surface area contributed by atoms with Gasteiger partial charge >= 0.3 is 5.97 Å². The van der Waals surface area contributed by atoms with E-state index in [9.17, 15) is 4.79 Å². The second-order valence-corrected chi connectivity index (χ2v) is 20.5. The summed E-state index contributed by atoms with van der Waals surface area (Å²) in [5.74, 6) is 1.99. The van der Waals surface area contributed by atoms with E-state index in [0.29, 0.717) is 38.4 Å². The third-order valence-electron chi connectivity index (χ3n) is 17.5. The normalized spacial score (nSPS) is 41.2. The van der Waals surface area contributed by atoms with Crippen LogP contribution in [0.25, 0.3) is 6.08 Å². The van der Waals surface area contributed by atoms with E-state index in [2.05, 4.69) is 101 Å². The molecule has 0 aromatic heterocycles. The van der Waals surface area contributed by atoms with Crippen LogP contribution in [0.3, 0.4) is 0 Å². The highest BCUT2D eigenvalue weighted by Crippen LogP contribution is 2.93. The van der Waals surface area contributed by atoms with E-state index < -0.39 is 0 Å². The predicted octanol–water partition coefficient (Wildman–Crippen LogP) is 12.5. The number of hydrogen-bond acceptors (Lipinski definition) is 3. The molecule has 5 fully saturated rings. The fraction of sp³-hybridized carbons (Fsp3) is 0.761. The Kier molecular flexibility index (Phi) is 8.81. The Hall–Kier alpha value is -2.03. The van der Waals surface area contributed by atoms with Crippen molar-refractivity contribution in [2.24, 2.45) is 49.7 Å². The summed E-state index contributed by atoms with van der Waals surface area (Å²) < 4.78 is 12.1. The second kappa shape index (κ2) is 11.7. The summed E-state index contributed by atoms with van der Waals surface area (Å²) in [5, 5.41) is 0. The lowest BCUT2D eigenvalue weighted by Gasteiger charge is -2.70. The van der Waals surface area contributed by atoms with Gasteiger partial charge in [0.1, 0.15) is 11.9 Å². The minimum Gasteiger partial charge on any atom is -0.496 e. The Labute approximate surface area is 300 Å². The third kappa shape index (κ3) is 5.03. The zero-order valence-electron chi connectivity index (χ0n) is 33.7. The van der Waals surface area contributed by atoms with Crippen molar-refractivity contribution in [1.29, 1.82) is 0 Å². The average molecular weight is 671 g/mol. The maximum Gasteiger partial charge on any atom is 0.331 e. The maximum atomic E-state index is 13.4. The minimum absolute atomic E-state index is 0.0103. The molecule has 5 aliphatic rings. The number of allylic oxidation sites excluding steroid dienone is 2. The van der Waals surface area contributed by atoms with Crippen LogP contribution < -0.4 is 4.74 Å². The summed E-state index contributed by atoms with van der Waals surface area (Å²) in [6, 6.07) is 6.21. The Morgan fingerprint density at radius 2 is 1.61 bits per heavy atom. The van der Waals surface area contributed by atoms with Crippen molar-refractivity contribution in [3.63, 3.8) is 0 Å². The number of esters is 1. The van der Waals surface area contributed by atoms with E-state index in [4.69, 9.17) is 9.47 Å². The third-order valence-corrected chi connectivity index (χ3v) is 17.5. The molecule has 0 N–H and O–H groups in total. The van der Waals surface area contributed by atoms with Crippen molar-refractivity contribution >= 4 is 12.0 Å². The number of methoxy groups -OCH3 is 1. The molecule has 0 saturated heterocycles. The zero-order valence-corrected chi connectivity index (χ0v) is 33.7. The minimum atomic E-state index is -0.219. The molecule has 5 aliphatic carbocycles. The summed E-state index contributed by atoms with van der Waals surface area (Å²) in [4.78, 5) is 13.4. The van der Waals surface area contributed by atoms with Crippen LogP contribution in [-0.2, 0) is 14.9 Å². The standard InChI is InChI=1S/C46H70O3/c1-31(2)15-14-16-32(3)41(9)25-26-43(11)42(41,10)27-28-46-30-45(46)24-22-37(40(7,8)36(45)21-23-44(43,46)12)49-38(47)20-18-33-17-19-34(39(4,5)6)35(29-33)48-13/h15,17-20,29,32,36-37H,14,16,21-28,30H2,1-13H3/b20-18+/t32?,36?,37-,41?,42+,43?,44-,45+,46-/m0/s1. The first-order valence-corrected chi connectivity index (χ1v) is 19.9. The van der Waals surface area contributed by atoms with Gasteiger partial charge in [0.2, 0.25) is 0 Å². The van der Waals surface area contributed by atoms with Gasteiger partial charge in [0.05, 0.1) is 7.11 Å². The molecule has 3 nitrogen and oxygen atoms in total. The van der Waals surface area contributed by atoms with E-state index in [0.717, 1.165) is 29.2 Å². The Balaban J connectivity index is 1.18. The Morgan fingerprint density at radius 1 is 0.918 bits per heavy atom. The topological polar surface area (TPSA) is 35.5 Å². The molecule has 5 saturated carbocycles. The van der Waals surface area contributed by atoms with E-state index >= 15 is 0 Å². The van der Waals surface area contributed by atoms with Crippen molar-refractivity contribution in [3.8, 4) is 5.75 Å². The first kappa shape index (κ1) is 36.8. The highest BCUT2D eigenvalue weighted by Gasteiger charge is 2.87. The van der Waals surface area contributed by atoms with Gasteiger partial charge in [-0.15, -0.1) is 0 Å². The van der Waals surface area contributed by atoms with Crippen LogP contribution in [0.1, 0.15) is 165 Å². The zero-order chi connectivity index (χ0) is 36.1. The van der Waals surface area contributed by atoms with Gasteiger partial charge in [0, 0.05) is 11.5 Å². The summed E-state index contributed by atoms with van der Waals surface area (Å²) in [6.45, 7) is 29.4. The molecule has 2 spiro atoms. The fourth-order valence-electron chi connectivity index (χ4n) is 14.0. The van der Waals surface area contributed by atoms with Crippen molar-refractivity contribution < 1.29 is 14.3 Å². The molecular weight excluding hydrogens is 601 g/mol. The summed E-state index contributed by atoms with van der Waals surface area (Å²) in [7, 11) is 1.72.